The Bertz CT molecular complexity index is 381. The molecule has 6 heteroatoms. The second-order valence-corrected chi connectivity index (χ2v) is 4.71. The Balaban J connectivity index is 2.47. The van der Waals surface area contributed by atoms with Gasteiger partial charge in [-0.05, 0) is 13.0 Å². The van der Waals surface area contributed by atoms with Gasteiger partial charge in [-0.2, -0.15) is 0 Å². The molecule has 0 unspecified atom stereocenters. The van der Waals surface area contributed by atoms with Gasteiger partial charge in [0.05, 0.1) is 12.1 Å². The van der Waals surface area contributed by atoms with Gasteiger partial charge in [-0.1, -0.05) is 29.3 Å². The summed E-state index contributed by atoms with van der Waals surface area (Å²) >= 11 is 12.1. The van der Waals surface area contributed by atoms with Crippen LogP contribution in [0.1, 0.15) is 6.92 Å². The minimum atomic E-state index is -1.40. The molecule has 0 spiro atoms. The normalized spacial score (nSPS) is 47.1. The summed E-state index contributed by atoms with van der Waals surface area (Å²) in [6, 6.07) is 0. The molecule has 0 aromatic heterocycles. The molecule has 4 nitrogen and oxygen atoms in total. The zero-order valence-corrected chi connectivity index (χ0v) is 10.3. The van der Waals surface area contributed by atoms with E-state index in [2.05, 4.69) is 0 Å². The summed E-state index contributed by atoms with van der Waals surface area (Å²) in [5, 5.41) is 18.7. The highest BCUT2D eigenvalue weighted by Crippen LogP contribution is 2.64. The highest BCUT2D eigenvalue weighted by Gasteiger charge is 2.80. The van der Waals surface area contributed by atoms with Crippen molar-refractivity contribution in [3.05, 3.63) is 22.9 Å². The summed E-state index contributed by atoms with van der Waals surface area (Å²) in [6.45, 7) is 1.69. The van der Waals surface area contributed by atoms with Crippen LogP contribution in [0.15, 0.2) is 22.9 Å². The van der Waals surface area contributed by atoms with Crippen LogP contribution in [-0.2, 0) is 9.47 Å². The average molecular weight is 267 g/mol. The van der Waals surface area contributed by atoms with Gasteiger partial charge in [0.1, 0.15) is 18.0 Å². The second-order valence-electron chi connectivity index (χ2n) is 3.74. The highest BCUT2D eigenvalue weighted by molar-refractivity contribution is 6.35. The molecule has 0 aromatic carbocycles. The Morgan fingerprint density at radius 2 is 2.25 bits per heavy atom. The van der Waals surface area contributed by atoms with E-state index in [0.717, 1.165) is 0 Å². The van der Waals surface area contributed by atoms with E-state index >= 15 is 0 Å². The summed E-state index contributed by atoms with van der Waals surface area (Å²) < 4.78 is 10.3. The third-order valence-corrected chi connectivity index (χ3v) is 4.06. The van der Waals surface area contributed by atoms with Crippen molar-refractivity contribution in [2.24, 2.45) is 0 Å². The summed E-state index contributed by atoms with van der Waals surface area (Å²) in [4.78, 5) is 0. The molecular weight excluding hydrogens is 255 g/mol. The molecule has 16 heavy (non-hydrogen) atoms. The van der Waals surface area contributed by atoms with Crippen LogP contribution < -0.4 is 0 Å². The van der Waals surface area contributed by atoms with Gasteiger partial charge >= 0.3 is 0 Å². The molecule has 2 rings (SSSR count). The fourth-order valence-corrected chi connectivity index (χ4v) is 2.74. The first-order chi connectivity index (χ1) is 7.44. The number of halogens is 2. The molecule has 0 aromatic rings. The first-order valence-corrected chi connectivity index (χ1v) is 5.52. The standard InChI is InChI=1S/C10H12Cl2O4/c1-3-6(11)9-8(14)5(15-2)4-7(13)10(9,12)16-9/h3-4,7-8,13-14H,1-2H3/b6-3+/t7-,8+,9-,10+/m0/s1. The lowest BCUT2D eigenvalue weighted by Gasteiger charge is -2.28. The summed E-state index contributed by atoms with van der Waals surface area (Å²) in [6.07, 6.45) is 0.687. The predicted molar refractivity (Wildman–Crippen MR) is 59.1 cm³/mol. The quantitative estimate of drug-likeness (QED) is 0.581. The van der Waals surface area contributed by atoms with Crippen molar-refractivity contribution in [3.8, 4) is 0 Å². The molecule has 90 valence electrons. The Morgan fingerprint density at radius 3 is 2.75 bits per heavy atom. The Kier molecular flexibility index (Phi) is 2.76. The Hall–Kier alpha value is -0.260. The predicted octanol–water partition coefficient (Wildman–Crippen LogP) is 1.10. The van der Waals surface area contributed by atoms with Gasteiger partial charge in [0, 0.05) is 0 Å². The second kappa shape index (κ2) is 3.62. The number of rotatable bonds is 2. The lowest BCUT2D eigenvalue weighted by molar-refractivity contribution is 0.0665. The maximum atomic E-state index is 10.1. The highest BCUT2D eigenvalue weighted by atomic mass is 35.5. The number of hydrogen-bond acceptors (Lipinski definition) is 4. The number of ether oxygens (including phenoxy) is 2. The first-order valence-electron chi connectivity index (χ1n) is 4.77. The molecular formula is C10H12Cl2O4. The summed E-state index contributed by atoms with van der Waals surface area (Å²) in [5.74, 6) is 0.196. The van der Waals surface area contributed by atoms with E-state index in [1.165, 1.54) is 13.2 Å². The minimum Gasteiger partial charge on any atom is -0.498 e. The number of aliphatic hydroxyl groups excluding tert-OH is 2. The molecule has 1 fully saturated rings. The number of epoxide rings is 1. The van der Waals surface area contributed by atoms with Crippen LogP contribution in [0.5, 0.6) is 0 Å². The molecule has 1 saturated heterocycles. The molecule has 2 aliphatic rings. The fraction of sp³-hybridized carbons (Fsp3) is 0.600. The van der Waals surface area contributed by atoms with Crippen molar-refractivity contribution < 1.29 is 19.7 Å². The van der Waals surface area contributed by atoms with E-state index in [1.807, 2.05) is 0 Å². The molecule has 2 N–H and O–H groups in total. The largest absolute Gasteiger partial charge is 0.498 e. The fourth-order valence-electron chi connectivity index (χ4n) is 2.02. The smallest absolute Gasteiger partial charge is 0.209 e. The summed E-state index contributed by atoms with van der Waals surface area (Å²) in [7, 11) is 1.39. The lowest BCUT2D eigenvalue weighted by atomic mass is 9.87. The number of methoxy groups -OCH3 is 1. The molecule has 1 aliphatic heterocycles. The third kappa shape index (κ3) is 1.22. The van der Waals surface area contributed by atoms with E-state index in [9.17, 15) is 10.2 Å². The van der Waals surface area contributed by atoms with Gasteiger partial charge in [-0.25, -0.2) is 0 Å². The van der Waals surface area contributed by atoms with Gasteiger partial charge in [0.15, 0.2) is 5.60 Å². The van der Waals surface area contributed by atoms with E-state index < -0.39 is 22.9 Å². The first kappa shape index (κ1) is 12.2. The molecule has 0 radical (unpaired) electrons. The van der Waals surface area contributed by atoms with E-state index in [0.29, 0.717) is 0 Å². The van der Waals surface area contributed by atoms with Crippen molar-refractivity contribution >= 4 is 23.2 Å². The number of aliphatic hydroxyl groups is 2. The number of alkyl halides is 1. The molecule has 0 bridgehead atoms. The lowest BCUT2D eigenvalue weighted by Crippen LogP contribution is -2.46. The van der Waals surface area contributed by atoms with E-state index in [4.69, 9.17) is 32.7 Å². The van der Waals surface area contributed by atoms with Gasteiger partial charge < -0.3 is 19.7 Å². The van der Waals surface area contributed by atoms with Crippen LogP contribution in [-0.4, -0.2) is 40.2 Å². The topological polar surface area (TPSA) is 62.2 Å². The van der Waals surface area contributed by atoms with Crippen LogP contribution in [0.25, 0.3) is 0 Å². The van der Waals surface area contributed by atoms with Gasteiger partial charge in [-0.15, -0.1) is 0 Å². The van der Waals surface area contributed by atoms with Crippen molar-refractivity contribution in [1.82, 2.24) is 0 Å². The molecule has 0 amide bonds. The third-order valence-electron chi connectivity index (χ3n) is 2.98. The molecule has 0 saturated carbocycles. The van der Waals surface area contributed by atoms with Gasteiger partial charge in [-0.3, -0.25) is 0 Å². The number of allylic oxidation sites excluding steroid dienone is 1. The van der Waals surface area contributed by atoms with E-state index in [1.54, 1.807) is 13.0 Å². The minimum absolute atomic E-state index is 0.196. The van der Waals surface area contributed by atoms with Gasteiger partial charge in [0.25, 0.3) is 0 Å². The molecule has 1 aliphatic carbocycles. The van der Waals surface area contributed by atoms with Crippen LogP contribution in [0, 0.1) is 0 Å². The van der Waals surface area contributed by atoms with Crippen LogP contribution in [0.2, 0.25) is 0 Å². The van der Waals surface area contributed by atoms with Crippen molar-refractivity contribution in [1.29, 1.82) is 0 Å². The summed E-state index contributed by atoms with van der Waals surface area (Å²) in [5.41, 5.74) is -1.30. The van der Waals surface area contributed by atoms with Crippen molar-refractivity contribution in [2.75, 3.05) is 7.11 Å². The van der Waals surface area contributed by atoms with E-state index in [-0.39, 0.29) is 10.8 Å². The zero-order valence-electron chi connectivity index (χ0n) is 8.78. The zero-order chi connectivity index (χ0) is 12.1. The maximum Gasteiger partial charge on any atom is 0.209 e. The maximum absolute atomic E-state index is 10.1. The number of hydrogen-bond donors (Lipinski definition) is 2. The number of fused-ring (bicyclic) bond motifs is 1. The molecule has 4 atom stereocenters. The Labute approximate surface area is 103 Å². The average Bonchev–Trinajstić information content (AvgIpc) is 2.93. The van der Waals surface area contributed by atoms with Crippen molar-refractivity contribution in [2.45, 2.75) is 29.8 Å². The Morgan fingerprint density at radius 1 is 1.62 bits per heavy atom. The SMILES string of the molecule is C/C=C(/Cl)[C@@]12O[C@]1(Cl)[C@@H](O)C=C(OC)[C@H]2O. The van der Waals surface area contributed by atoms with Gasteiger partial charge in [0.2, 0.25) is 5.06 Å². The van der Waals surface area contributed by atoms with Crippen LogP contribution >= 0.6 is 23.2 Å². The monoisotopic (exact) mass is 266 g/mol. The van der Waals surface area contributed by atoms with Crippen molar-refractivity contribution in [3.63, 3.8) is 0 Å². The molecule has 1 heterocycles. The van der Waals surface area contributed by atoms with Crippen LogP contribution in [0.4, 0.5) is 0 Å². The van der Waals surface area contributed by atoms with Crippen LogP contribution in [0.3, 0.4) is 0 Å².